The molecule has 0 aliphatic carbocycles. The zero-order valence-corrected chi connectivity index (χ0v) is 13.7. The van der Waals surface area contributed by atoms with Gasteiger partial charge in [-0.05, 0) is 24.1 Å². The van der Waals surface area contributed by atoms with Crippen molar-refractivity contribution in [2.45, 2.75) is 18.7 Å². The fourth-order valence-corrected chi connectivity index (χ4v) is 2.15. The molecule has 0 fully saturated rings. The van der Waals surface area contributed by atoms with Gasteiger partial charge in [-0.15, -0.1) is 0 Å². The number of nitrogens with one attached hydrogen (secondary N) is 1. The minimum absolute atomic E-state index is 0.0000106. The van der Waals surface area contributed by atoms with Crippen LogP contribution >= 0.6 is 11.6 Å². The maximum Gasteiger partial charge on any atom is 0.340 e. The summed E-state index contributed by atoms with van der Waals surface area (Å²) in [7, 11) is -3.97. The van der Waals surface area contributed by atoms with Crippen molar-refractivity contribution in [2.24, 2.45) is 11.1 Å². The first kappa shape index (κ1) is 18.4. The zero-order chi connectivity index (χ0) is 16.9. The molecule has 1 rings (SSSR count). The lowest BCUT2D eigenvalue weighted by Gasteiger charge is -2.09. The quantitative estimate of drug-likeness (QED) is 0.741. The van der Waals surface area contributed by atoms with E-state index in [1.165, 1.54) is 12.1 Å². The summed E-state index contributed by atoms with van der Waals surface area (Å²) in [6, 6.07) is 3.40. The number of ether oxygens (including phenoxy) is 1. The van der Waals surface area contributed by atoms with Crippen molar-refractivity contribution in [1.29, 1.82) is 0 Å². The lowest BCUT2D eigenvalue weighted by Crippen LogP contribution is -2.31. The molecule has 0 heterocycles. The van der Waals surface area contributed by atoms with Gasteiger partial charge in [-0.2, -0.15) is 0 Å². The molecule has 0 aliphatic heterocycles. The molecular weight excluding hydrogens is 332 g/mol. The van der Waals surface area contributed by atoms with Crippen molar-refractivity contribution in [1.82, 2.24) is 5.32 Å². The van der Waals surface area contributed by atoms with Gasteiger partial charge in [0.2, 0.25) is 10.0 Å². The molecule has 0 atom stereocenters. The molecule has 9 heteroatoms. The minimum Gasteiger partial charge on any atom is -0.452 e. The molecule has 22 heavy (non-hydrogen) atoms. The fraction of sp³-hybridized carbons (Fsp3) is 0.385. The second-order valence-corrected chi connectivity index (χ2v) is 6.93. The fourth-order valence-electron chi connectivity index (χ4n) is 1.42. The Morgan fingerprint density at radius 1 is 1.36 bits per heavy atom. The highest BCUT2D eigenvalue weighted by atomic mass is 35.5. The van der Waals surface area contributed by atoms with Gasteiger partial charge in [0.05, 0.1) is 15.5 Å². The predicted molar refractivity (Wildman–Crippen MR) is 81.0 cm³/mol. The third-order valence-electron chi connectivity index (χ3n) is 2.53. The second kappa shape index (κ2) is 7.57. The number of hydrogen-bond acceptors (Lipinski definition) is 5. The number of carbonyl (C=O) groups excluding carboxylic acids is 2. The van der Waals surface area contributed by atoms with Crippen molar-refractivity contribution in [3.8, 4) is 0 Å². The molecule has 0 spiro atoms. The summed E-state index contributed by atoms with van der Waals surface area (Å²) in [6.45, 7) is 3.81. The molecule has 0 saturated heterocycles. The van der Waals surface area contributed by atoms with E-state index in [2.05, 4.69) is 5.32 Å². The second-order valence-electron chi connectivity index (χ2n) is 4.96. The number of carbonyl (C=O) groups is 2. The van der Waals surface area contributed by atoms with Crippen LogP contribution in [-0.2, 0) is 19.6 Å². The molecule has 0 aliphatic rings. The Kier molecular flexibility index (Phi) is 6.34. The molecule has 0 radical (unpaired) electrons. The first-order valence-corrected chi connectivity index (χ1v) is 8.30. The van der Waals surface area contributed by atoms with Crippen molar-refractivity contribution >= 4 is 33.5 Å². The van der Waals surface area contributed by atoms with E-state index in [9.17, 15) is 18.0 Å². The Labute approximate surface area is 133 Å². The van der Waals surface area contributed by atoms with Gasteiger partial charge in [0, 0.05) is 6.54 Å². The van der Waals surface area contributed by atoms with E-state index >= 15 is 0 Å². The Bertz CT molecular complexity index is 673. The van der Waals surface area contributed by atoms with E-state index in [-0.39, 0.29) is 21.4 Å². The van der Waals surface area contributed by atoms with E-state index in [4.69, 9.17) is 21.5 Å². The minimum atomic E-state index is -3.97. The van der Waals surface area contributed by atoms with Crippen LogP contribution in [0.4, 0.5) is 0 Å². The van der Waals surface area contributed by atoms with Gasteiger partial charge in [-0.1, -0.05) is 25.4 Å². The molecule has 3 N–H and O–H groups in total. The Hall–Kier alpha value is -1.64. The lowest BCUT2D eigenvalue weighted by molar-refractivity contribution is -0.124. The highest BCUT2D eigenvalue weighted by Gasteiger charge is 2.18. The number of nitrogens with two attached hydrogens (primary N) is 1. The lowest BCUT2D eigenvalue weighted by atomic mass is 10.2. The van der Waals surface area contributed by atoms with Crippen molar-refractivity contribution < 1.29 is 22.7 Å². The van der Waals surface area contributed by atoms with E-state index in [0.717, 1.165) is 6.07 Å². The number of benzene rings is 1. The summed E-state index contributed by atoms with van der Waals surface area (Å²) < 4.78 is 27.3. The number of esters is 1. The summed E-state index contributed by atoms with van der Waals surface area (Å²) in [5.41, 5.74) is -0.176. The van der Waals surface area contributed by atoms with Gasteiger partial charge in [-0.3, -0.25) is 4.79 Å². The first-order chi connectivity index (χ1) is 10.1. The van der Waals surface area contributed by atoms with E-state index in [0.29, 0.717) is 6.54 Å². The number of primary sulfonamides is 1. The number of hydrogen-bond donors (Lipinski definition) is 2. The maximum atomic E-state index is 11.9. The molecule has 122 valence electrons. The van der Waals surface area contributed by atoms with Crippen molar-refractivity contribution in [3.63, 3.8) is 0 Å². The van der Waals surface area contributed by atoms with Crippen LogP contribution in [0.2, 0.25) is 5.02 Å². The van der Waals surface area contributed by atoms with E-state index in [1.807, 2.05) is 13.8 Å². The van der Waals surface area contributed by atoms with Crippen LogP contribution in [-0.4, -0.2) is 33.4 Å². The molecule has 1 aromatic rings. The molecule has 7 nitrogen and oxygen atoms in total. The van der Waals surface area contributed by atoms with Gasteiger partial charge in [-0.25, -0.2) is 18.4 Å². The van der Waals surface area contributed by atoms with Crippen LogP contribution < -0.4 is 10.5 Å². The van der Waals surface area contributed by atoms with Gasteiger partial charge >= 0.3 is 5.97 Å². The molecular formula is C13H17ClN2O5S. The number of halogens is 1. The third-order valence-corrected chi connectivity index (χ3v) is 3.77. The normalized spacial score (nSPS) is 11.3. The van der Waals surface area contributed by atoms with Crippen LogP contribution in [0.5, 0.6) is 0 Å². The summed E-state index contributed by atoms with van der Waals surface area (Å²) >= 11 is 5.82. The van der Waals surface area contributed by atoms with Crippen LogP contribution in [0.1, 0.15) is 24.2 Å². The number of rotatable bonds is 6. The average molecular weight is 349 g/mol. The van der Waals surface area contributed by atoms with Gasteiger partial charge < -0.3 is 10.1 Å². The summed E-state index contributed by atoms with van der Waals surface area (Å²) in [4.78, 5) is 23.1. The van der Waals surface area contributed by atoms with Crippen molar-refractivity contribution in [3.05, 3.63) is 28.8 Å². The number of amides is 1. The van der Waals surface area contributed by atoms with Gasteiger partial charge in [0.15, 0.2) is 6.61 Å². The van der Waals surface area contributed by atoms with Crippen LogP contribution in [0.3, 0.4) is 0 Å². The Morgan fingerprint density at radius 2 is 2.00 bits per heavy atom. The standard InChI is InChI=1S/C13H17ClN2O5S/c1-8(2)6-16-12(17)7-21-13(18)10-5-9(22(15,19)20)3-4-11(10)14/h3-5,8H,6-7H2,1-2H3,(H,16,17)(H2,15,19,20). The monoisotopic (exact) mass is 348 g/mol. The Balaban J connectivity index is 2.76. The first-order valence-electron chi connectivity index (χ1n) is 6.37. The molecule has 0 saturated carbocycles. The van der Waals surface area contributed by atoms with E-state index in [1.54, 1.807) is 0 Å². The SMILES string of the molecule is CC(C)CNC(=O)COC(=O)c1cc(S(N)(=O)=O)ccc1Cl. The van der Waals surface area contributed by atoms with Gasteiger partial charge in [0.1, 0.15) is 0 Å². The Morgan fingerprint density at radius 3 is 2.55 bits per heavy atom. The largest absolute Gasteiger partial charge is 0.452 e. The van der Waals surface area contributed by atoms with E-state index < -0.39 is 28.5 Å². The highest BCUT2D eigenvalue weighted by Crippen LogP contribution is 2.20. The molecule has 1 aromatic carbocycles. The molecule has 0 unspecified atom stereocenters. The summed E-state index contributed by atoms with van der Waals surface area (Å²) in [5.74, 6) is -1.10. The van der Waals surface area contributed by atoms with Crippen LogP contribution in [0.15, 0.2) is 23.1 Å². The number of sulfonamides is 1. The zero-order valence-electron chi connectivity index (χ0n) is 12.1. The third kappa shape index (κ3) is 5.63. The maximum absolute atomic E-state index is 11.9. The summed E-state index contributed by atoms with van der Waals surface area (Å²) in [5, 5.41) is 7.55. The topological polar surface area (TPSA) is 116 Å². The molecule has 0 bridgehead atoms. The molecule has 0 aromatic heterocycles. The molecule has 1 amide bonds. The van der Waals surface area contributed by atoms with Crippen LogP contribution in [0, 0.1) is 5.92 Å². The van der Waals surface area contributed by atoms with Crippen LogP contribution in [0.25, 0.3) is 0 Å². The van der Waals surface area contributed by atoms with Gasteiger partial charge in [0.25, 0.3) is 5.91 Å². The summed E-state index contributed by atoms with van der Waals surface area (Å²) in [6.07, 6.45) is 0. The highest BCUT2D eigenvalue weighted by molar-refractivity contribution is 7.89. The predicted octanol–water partition coefficient (Wildman–Crippen LogP) is 0.916. The smallest absolute Gasteiger partial charge is 0.340 e. The average Bonchev–Trinajstić information content (AvgIpc) is 2.41. The van der Waals surface area contributed by atoms with Crippen molar-refractivity contribution in [2.75, 3.05) is 13.2 Å².